The monoisotopic (exact) mass is 350 g/mol. The summed E-state index contributed by atoms with van der Waals surface area (Å²) in [5.74, 6) is 0.349. The van der Waals surface area contributed by atoms with Crippen LogP contribution in [0.2, 0.25) is 0 Å². The fourth-order valence-electron chi connectivity index (χ4n) is 2.38. The van der Waals surface area contributed by atoms with Crippen molar-refractivity contribution in [2.24, 2.45) is 0 Å². The van der Waals surface area contributed by atoms with Crippen LogP contribution in [0, 0.1) is 0 Å². The highest BCUT2D eigenvalue weighted by Gasteiger charge is 2.08. The van der Waals surface area contributed by atoms with Crippen LogP contribution in [0.5, 0.6) is 11.5 Å². The number of rotatable bonds is 5. The predicted molar refractivity (Wildman–Crippen MR) is 98.0 cm³/mol. The minimum atomic E-state index is -0.458. The van der Waals surface area contributed by atoms with Crippen molar-refractivity contribution in [3.05, 3.63) is 72.3 Å². The van der Waals surface area contributed by atoms with Crippen LogP contribution in [0.15, 0.2) is 66.7 Å². The van der Waals surface area contributed by atoms with Crippen LogP contribution in [0.3, 0.4) is 0 Å². The molecule has 2 amide bonds. The van der Waals surface area contributed by atoms with Gasteiger partial charge in [-0.3, -0.25) is 20.4 Å². The first-order valence-corrected chi connectivity index (χ1v) is 8.00. The van der Waals surface area contributed by atoms with Crippen molar-refractivity contribution in [3.8, 4) is 11.5 Å². The highest BCUT2D eigenvalue weighted by molar-refractivity contribution is 5.95. The maximum absolute atomic E-state index is 12.0. The number of ether oxygens (including phenoxy) is 2. The normalized spacial score (nSPS) is 10.2. The lowest BCUT2D eigenvalue weighted by atomic mass is 10.1. The molecule has 0 aliphatic carbocycles. The van der Waals surface area contributed by atoms with Gasteiger partial charge in [-0.25, -0.2) is 0 Å². The van der Waals surface area contributed by atoms with Crippen molar-refractivity contribution in [2.45, 2.75) is 0 Å². The van der Waals surface area contributed by atoms with Crippen LogP contribution >= 0.6 is 0 Å². The number of fused-ring (bicyclic) bond motifs is 1. The van der Waals surface area contributed by atoms with E-state index in [9.17, 15) is 9.59 Å². The lowest BCUT2D eigenvalue weighted by Gasteiger charge is -2.09. The second-order valence-electron chi connectivity index (χ2n) is 5.53. The van der Waals surface area contributed by atoms with Gasteiger partial charge in [0.05, 0.1) is 7.11 Å². The van der Waals surface area contributed by atoms with Crippen LogP contribution < -0.4 is 20.3 Å². The largest absolute Gasteiger partial charge is 0.497 e. The lowest BCUT2D eigenvalue weighted by molar-refractivity contribution is -0.123. The Morgan fingerprint density at radius 1 is 0.846 bits per heavy atom. The third-order valence-electron chi connectivity index (χ3n) is 3.76. The van der Waals surface area contributed by atoms with E-state index in [0.29, 0.717) is 17.1 Å². The molecule has 26 heavy (non-hydrogen) atoms. The van der Waals surface area contributed by atoms with Crippen molar-refractivity contribution in [1.82, 2.24) is 10.9 Å². The summed E-state index contributed by atoms with van der Waals surface area (Å²) in [6, 6.07) is 20.0. The average molecular weight is 350 g/mol. The van der Waals surface area contributed by atoms with Gasteiger partial charge in [0.1, 0.15) is 11.5 Å². The zero-order valence-corrected chi connectivity index (χ0v) is 14.2. The van der Waals surface area contributed by atoms with Gasteiger partial charge >= 0.3 is 0 Å². The number of benzene rings is 3. The Bertz CT molecular complexity index is 923. The first-order chi connectivity index (χ1) is 12.7. The van der Waals surface area contributed by atoms with Crippen molar-refractivity contribution < 1.29 is 19.1 Å². The Morgan fingerprint density at radius 2 is 1.54 bits per heavy atom. The second kappa shape index (κ2) is 8.02. The molecular formula is C20H18N2O4. The molecule has 0 radical (unpaired) electrons. The van der Waals surface area contributed by atoms with Crippen LogP contribution in [-0.4, -0.2) is 25.5 Å². The molecule has 0 heterocycles. The van der Waals surface area contributed by atoms with Gasteiger partial charge in [-0.2, -0.15) is 0 Å². The number of amides is 2. The van der Waals surface area contributed by atoms with Gasteiger partial charge in [-0.15, -0.1) is 0 Å². The fraction of sp³-hybridized carbons (Fsp3) is 0.100. The molecule has 0 saturated heterocycles. The predicted octanol–water partition coefficient (Wildman–Crippen LogP) is 2.69. The molecule has 132 valence electrons. The van der Waals surface area contributed by atoms with Crippen molar-refractivity contribution >= 4 is 22.6 Å². The number of methoxy groups -OCH3 is 1. The number of carbonyl (C=O) groups excluding carboxylic acids is 2. The summed E-state index contributed by atoms with van der Waals surface area (Å²) >= 11 is 0. The molecular weight excluding hydrogens is 332 g/mol. The van der Waals surface area contributed by atoms with E-state index in [1.54, 1.807) is 37.4 Å². The molecule has 6 nitrogen and oxygen atoms in total. The molecule has 3 aromatic carbocycles. The van der Waals surface area contributed by atoms with E-state index in [2.05, 4.69) is 10.9 Å². The third kappa shape index (κ3) is 4.30. The number of nitrogens with one attached hydrogen (secondary N) is 2. The fourth-order valence-corrected chi connectivity index (χ4v) is 2.38. The Labute approximate surface area is 150 Å². The minimum Gasteiger partial charge on any atom is -0.497 e. The molecule has 0 unspecified atom stereocenters. The number of hydrazine groups is 1. The summed E-state index contributed by atoms with van der Waals surface area (Å²) in [4.78, 5) is 23.8. The minimum absolute atomic E-state index is 0.207. The topological polar surface area (TPSA) is 76.7 Å². The van der Waals surface area contributed by atoms with E-state index >= 15 is 0 Å². The number of carbonyl (C=O) groups is 2. The smallest absolute Gasteiger partial charge is 0.276 e. The summed E-state index contributed by atoms with van der Waals surface area (Å²) in [5.41, 5.74) is 5.07. The van der Waals surface area contributed by atoms with Gasteiger partial charge in [0, 0.05) is 5.56 Å². The maximum Gasteiger partial charge on any atom is 0.276 e. The van der Waals surface area contributed by atoms with Crippen LogP contribution in [0.25, 0.3) is 10.8 Å². The van der Waals surface area contributed by atoms with Gasteiger partial charge in [0.15, 0.2) is 6.61 Å². The Hall–Kier alpha value is -3.54. The van der Waals surface area contributed by atoms with Gasteiger partial charge in [-0.1, -0.05) is 30.3 Å². The molecule has 6 heteroatoms. The molecule has 3 rings (SSSR count). The Kier molecular flexibility index (Phi) is 5.34. The van der Waals surface area contributed by atoms with Gasteiger partial charge in [0.2, 0.25) is 0 Å². The summed E-state index contributed by atoms with van der Waals surface area (Å²) in [6.07, 6.45) is 0. The maximum atomic E-state index is 12.0. The molecule has 0 fully saturated rings. The Balaban J connectivity index is 1.49. The quantitative estimate of drug-likeness (QED) is 0.694. The van der Waals surface area contributed by atoms with E-state index in [1.165, 1.54) is 0 Å². The van der Waals surface area contributed by atoms with Crippen LogP contribution in [-0.2, 0) is 4.79 Å². The molecule has 0 saturated carbocycles. The van der Waals surface area contributed by atoms with E-state index in [1.807, 2.05) is 36.4 Å². The highest BCUT2D eigenvalue weighted by atomic mass is 16.5. The van der Waals surface area contributed by atoms with Gasteiger partial charge in [0.25, 0.3) is 11.8 Å². The molecule has 0 aromatic heterocycles. The summed E-state index contributed by atoms with van der Waals surface area (Å²) in [6.45, 7) is -0.207. The van der Waals surface area contributed by atoms with Crippen molar-refractivity contribution in [3.63, 3.8) is 0 Å². The number of hydrogen-bond donors (Lipinski definition) is 2. The highest BCUT2D eigenvalue weighted by Crippen LogP contribution is 2.20. The first kappa shape index (κ1) is 17.3. The van der Waals surface area contributed by atoms with Crippen molar-refractivity contribution in [1.29, 1.82) is 0 Å². The SMILES string of the molecule is COc1ccc(C(=O)NNC(=O)COc2ccc3ccccc3c2)cc1. The van der Waals surface area contributed by atoms with Gasteiger partial charge < -0.3 is 9.47 Å². The first-order valence-electron chi connectivity index (χ1n) is 8.00. The van der Waals surface area contributed by atoms with E-state index in [-0.39, 0.29) is 6.61 Å². The zero-order valence-electron chi connectivity index (χ0n) is 14.2. The molecule has 0 aliphatic heterocycles. The molecule has 0 aliphatic rings. The average Bonchev–Trinajstić information content (AvgIpc) is 2.70. The van der Waals surface area contributed by atoms with Gasteiger partial charge in [-0.05, 0) is 47.2 Å². The van der Waals surface area contributed by atoms with Crippen LogP contribution in [0.4, 0.5) is 0 Å². The van der Waals surface area contributed by atoms with E-state index < -0.39 is 11.8 Å². The molecule has 0 spiro atoms. The third-order valence-corrected chi connectivity index (χ3v) is 3.76. The molecule has 0 atom stereocenters. The standard InChI is InChI=1S/C20H18N2O4/c1-25-17-9-7-15(8-10-17)20(24)22-21-19(23)13-26-18-11-6-14-4-2-3-5-16(14)12-18/h2-12H,13H2,1H3,(H,21,23)(H,22,24). The Morgan fingerprint density at radius 3 is 2.27 bits per heavy atom. The van der Waals surface area contributed by atoms with E-state index in [0.717, 1.165) is 10.8 Å². The van der Waals surface area contributed by atoms with Crippen molar-refractivity contribution in [2.75, 3.05) is 13.7 Å². The molecule has 0 bridgehead atoms. The summed E-state index contributed by atoms with van der Waals surface area (Å²) < 4.78 is 10.5. The summed E-state index contributed by atoms with van der Waals surface area (Å²) in [7, 11) is 1.55. The lowest BCUT2D eigenvalue weighted by Crippen LogP contribution is -2.43. The second-order valence-corrected chi connectivity index (χ2v) is 5.53. The number of hydrogen-bond acceptors (Lipinski definition) is 4. The van der Waals surface area contributed by atoms with Crippen LogP contribution in [0.1, 0.15) is 10.4 Å². The molecule has 2 N–H and O–H groups in total. The zero-order chi connectivity index (χ0) is 18.4. The summed E-state index contributed by atoms with van der Waals surface area (Å²) in [5, 5.41) is 2.12. The molecule has 3 aromatic rings. The van der Waals surface area contributed by atoms with E-state index in [4.69, 9.17) is 9.47 Å².